The summed E-state index contributed by atoms with van der Waals surface area (Å²) in [7, 11) is -2.22. The van der Waals surface area contributed by atoms with E-state index in [2.05, 4.69) is 51.8 Å². The predicted molar refractivity (Wildman–Crippen MR) is 166 cm³/mol. The molecule has 0 aliphatic carbocycles. The number of aromatic nitrogens is 1. The number of aliphatic hydroxyl groups is 1. The van der Waals surface area contributed by atoms with Crippen LogP contribution < -0.4 is 0 Å². The van der Waals surface area contributed by atoms with Crippen molar-refractivity contribution < 1.29 is 28.6 Å². The molecule has 2 rings (SSSR count). The first-order valence-electron chi connectivity index (χ1n) is 14.6. The molecule has 0 saturated heterocycles. The lowest BCUT2D eigenvalue weighted by Gasteiger charge is -2.40. The van der Waals surface area contributed by atoms with Crippen molar-refractivity contribution in [3.05, 3.63) is 66.0 Å². The van der Waals surface area contributed by atoms with Crippen LogP contribution in [-0.2, 0) is 23.5 Å². The molecule has 0 saturated carbocycles. The van der Waals surface area contributed by atoms with Gasteiger partial charge in [-0.15, -0.1) is 0 Å². The van der Waals surface area contributed by atoms with Crippen molar-refractivity contribution in [1.82, 2.24) is 4.98 Å². The van der Waals surface area contributed by atoms with Gasteiger partial charge in [-0.25, -0.2) is 0 Å². The Bertz CT molecular complexity index is 1100. The lowest BCUT2D eigenvalue weighted by atomic mass is 9.88. The maximum absolute atomic E-state index is 13.3. The zero-order valence-electron chi connectivity index (χ0n) is 26.6. The second-order valence-corrected chi connectivity index (χ2v) is 17.9. The van der Waals surface area contributed by atoms with E-state index < -0.39 is 38.2 Å². The van der Waals surface area contributed by atoms with Crippen molar-refractivity contribution in [1.29, 1.82) is 0 Å². The van der Waals surface area contributed by atoms with Crippen molar-refractivity contribution in [2.45, 2.75) is 123 Å². The van der Waals surface area contributed by atoms with Crippen LogP contribution in [0, 0.1) is 5.92 Å². The fourth-order valence-electron chi connectivity index (χ4n) is 4.52. The van der Waals surface area contributed by atoms with E-state index in [-0.39, 0.29) is 35.7 Å². The van der Waals surface area contributed by atoms with Gasteiger partial charge >= 0.3 is 11.9 Å². The van der Waals surface area contributed by atoms with Crippen molar-refractivity contribution in [2.24, 2.45) is 5.92 Å². The Morgan fingerprint density at radius 2 is 1.93 bits per heavy atom. The summed E-state index contributed by atoms with van der Waals surface area (Å²) in [6, 6.07) is 5.85. The molecule has 8 heteroatoms. The highest BCUT2D eigenvalue weighted by Crippen LogP contribution is 2.39. The van der Waals surface area contributed by atoms with Gasteiger partial charge in [-0.1, -0.05) is 65.0 Å². The highest BCUT2D eigenvalue weighted by molar-refractivity contribution is 6.74. The molecule has 0 bridgehead atoms. The largest absolute Gasteiger partial charge is 0.457 e. The third kappa shape index (κ3) is 10.7. The number of cyclic esters (lactones) is 1. The van der Waals surface area contributed by atoms with Crippen molar-refractivity contribution in [3.63, 3.8) is 0 Å². The minimum atomic E-state index is -2.22. The van der Waals surface area contributed by atoms with Gasteiger partial charge in [0.1, 0.15) is 17.8 Å². The van der Waals surface area contributed by atoms with Gasteiger partial charge in [0.2, 0.25) is 0 Å². The molecule has 0 unspecified atom stereocenters. The molecule has 1 aliphatic rings. The number of ether oxygens (including phenoxy) is 2. The lowest BCUT2D eigenvalue weighted by Crippen LogP contribution is -2.46. The third-order valence-electron chi connectivity index (χ3n) is 8.23. The smallest absolute Gasteiger partial charge is 0.308 e. The summed E-state index contributed by atoms with van der Waals surface area (Å²) in [4.78, 5) is 29.7. The quantitative estimate of drug-likeness (QED) is 0.159. The summed E-state index contributed by atoms with van der Waals surface area (Å²) in [6.45, 7) is 19.7. The van der Waals surface area contributed by atoms with Gasteiger partial charge in [-0.2, -0.15) is 0 Å². The molecule has 228 valence electrons. The van der Waals surface area contributed by atoms with Gasteiger partial charge in [0.15, 0.2) is 8.32 Å². The van der Waals surface area contributed by atoms with E-state index >= 15 is 0 Å². The van der Waals surface area contributed by atoms with Crippen molar-refractivity contribution in [2.75, 3.05) is 0 Å². The topological polar surface area (TPSA) is 95.0 Å². The molecular formula is C33H51NO6Si. The van der Waals surface area contributed by atoms with E-state index in [0.29, 0.717) is 6.42 Å². The summed E-state index contributed by atoms with van der Waals surface area (Å²) in [6.07, 6.45) is 10.3. The van der Waals surface area contributed by atoms with Gasteiger partial charge in [-0.3, -0.25) is 14.6 Å². The monoisotopic (exact) mass is 585 g/mol. The zero-order valence-corrected chi connectivity index (χ0v) is 27.6. The van der Waals surface area contributed by atoms with Crippen molar-refractivity contribution >= 4 is 20.3 Å². The average Bonchev–Trinajstić information content (AvgIpc) is 2.86. The summed E-state index contributed by atoms with van der Waals surface area (Å²) in [5, 5.41) is 11.4. The maximum Gasteiger partial charge on any atom is 0.308 e. The molecule has 0 amide bonds. The fourth-order valence-corrected chi connectivity index (χ4v) is 5.91. The predicted octanol–water partition coefficient (Wildman–Crippen LogP) is 7.05. The fraction of sp³-hybridized carbons (Fsp3) is 0.606. The molecule has 0 aromatic carbocycles. The molecule has 2 heterocycles. The lowest BCUT2D eigenvalue weighted by molar-refractivity contribution is -0.157. The first-order chi connectivity index (χ1) is 18.9. The van der Waals surface area contributed by atoms with Crippen LogP contribution in [0.4, 0.5) is 0 Å². The van der Waals surface area contributed by atoms with Gasteiger partial charge < -0.3 is 19.0 Å². The molecule has 1 aliphatic heterocycles. The van der Waals surface area contributed by atoms with Crippen LogP contribution in [-0.4, -0.2) is 54.3 Å². The van der Waals surface area contributed by atoms with E-state index in [9.17, 15) is 14.7 Å². The highest BCUT2D eigenvalue weighted by Gasteiger charge is 2.41. The minimum absolute atomic E-state index is 0.0543. The number of rotatable bonds is 7. The average molecular weight is 586 g/mol. The van der Waals surface area contributed by atoms with Gasteiger partial charge in [0.05, 0.1) is 12.5 Å². The molecule has 7 nitrogen and oxygen atoms in total. The first kappa shape index (κ1) is 34.6. The highest BCUT2D eigenvalue weighted by atomic mass is 28.4. The molecular weight excluding hydrogens is 534 g/mol. The molecule has 1 aromatic rings. The second kappa shape index (κ2) is 14.6. The number of allylic oxidation sites excluding steroid dienone is 3. The Labute approximate surface area is 248 Å². The number of carbonyl (C=O) groups excluding carboxylic acids is 2. The number of hydrogen-bond acceptors (Lipinski definition) is 7. The van der Waals surface area contributed by atoms with Crippen LogP contribution in [0.15, 0.2) is 60.3 Å². The first-order valence-corrected chi connectivity index (χ1v) is 17.5. The summed E-state index contributed by atoms with van der Waals surface area (Å²) >= 11 is 0. The van der Waals surface area contributed by atoms with Gasteiger partial charge in [-0.05, 0) is 68.6 Å². The minimum Gasteiger partial charge on any atom is -0.457 e. The van der Waals surface area contributed by atoms with Crippen LogP contribution >= 0.6 is 0 Å². The summed E-state index contributed by atoms with van der Waals surface area (Å²) < 4.78 is 18.3. The number of nitrogens with zero attached hydrogens (tertiary/aromatic N) is 1. The van der Waals surface area contributed by atoms with Gasteiger partial charge in [0.25, 0.3) is 0 Å². The van der Waals surface area contributed by atoms with Crippen LogP contribution in [0.2, 0.25) is 18.1 Å². The number of pyridine rings is 1. The van der Waals surface area contributed by atoms with E-state index in [1.165, 1.54) is 6.92 Å². The van der Waals surface area contributed by atoms with Crippen LogP contribution in [0.3, 0.4) is 0 Å². The normalized spacial score (nSPS) is 28.8. The van der Waals surface area contributed by atoms with Gasteiger partial charge in [0, 0.05) is 30.7 Å². The molecule has 1 aromatic heterocycles. The molecule has 0 fully saturated rings. The van der Waals surface area contributed by atoms with E-state index in [4.69, 9.17) is 13.9 Å². The molecule has 0 radical (unpaired) electrons. The number of hydrogen-bond donors (Lipinski definition) is 1. The third-order valence-corrected chi connectivity index (χ3v) is 12.8. The second-order valence-electron chi connectivity index (χ2n) is 13.1. The maximum atomic E-state index is 13.3. The Morgan fingerprint density at radius 1 is 1.24 bits per heavy atom. The van der Waals surface area contributed by atoms with Crippen LogP contribution in [0.1, 0.15) is 86.3 Å². The van der Waals surface area contributed by atoms with E-state index in [0.717, 1.165) is 11.3 Å². The Kier molecular flexibility index (Phi) is 12.3. The molecule has 0 spiro atoms. The zero-order chi connectivity index (χ0) is 31.0. The van der Waals surface area contributed by atoms with E-state index in [1.807, 2.05) is 50.3 Å². The van der Waals surface area contributed by atoms with Crippen LogP contribution in [0.25, 0.3) is 0 Å². The molecule has 6 atom stereocenters. The Balaban J connectivity index is 2.42. The standard InChI is InChI=1S/C33H51NO6Si/c1-23(28-16-11-12-21-34-28)14-13-15-24(2)31-25(3)17-18-29(38-26(4)35)33(8,37)20-19-27(22-30(36)39-31)40-41(9,10)32(5,6)7/h11-18,21,23,25,27,29,31,37H,19-20,22H2,1-10H3/b14-13+,18-17+,24-15+/t23-,25+,27-,29+,31-,33-/m1/s1. The Hall–Kier alpha value is -2.55. The molecule has 41 heavy (non-hydrogen) atoms. The summed E-state index contributed by atoms with van der Waals surface area (Å²) in [5.74, 6) is -0.935. The summed E-state index contributed by atoms with van der Waals surface area (Å²) in [5.41, 5.74) is 0.500. The van der Waals surface area contributed by atoms with Crippen LogP contribution in [0.5, 0.6) is 0 Å². The number of carbonyl (C=O) groups is 2. The molecule has 1 N–H and O–H groups in total. The SMILES string of the molecule is CC(=O)O[C@H]1/C=C/[C@H](C)[C@@H](/C(C)=C/C=C/[C@@H](C)c2ccccn2)OC(=O)C[C@H](O[Si](C)(C)C(C)(C)C)CC[C@@]1(C)O. The van der Waals surface area contributed by atoms with Crippen molar-refractivity contribution in [3.8, 4) is 0 Å². The van der Waals surface area contributed by atoms with E-state index in [1.54, 1.807) is 19.2 Å². The number of esters is 2. The Morgan fingerprint density at radius 3 is 2.51 bits per heavy atom.